The van der Waals surface area contributed by atoms with Gasteiger partial charge in [0.15, 0.2) is 0 Å². The molecule has 3 aliphatic carbocycles. The molecule has 302 valence electrons. The molecule has 13 rings (SSSR count). The van der Waals surface area contributed by atoms with E-state index in [1.807, 2.05) is 0 Å². The summed E-state index contributed by atoms with van der Waals surface area (Å²) in [6, 6.07) is 85.7. The minimum atomic E-state index is -0.547. The molecule has 2 nitrogen and oxygen atoms in total. The van der Waals surface area contributed by atoms with Crippen molar-refractivity contribution in [2.45, 2.75) is 24.7 Å². The average molecular weight is 817 g/mol. The predicted molar refractivity (Wildman–Crippen MR) is 267 cm³/mol. The van der Waals surface area contributed by atoms with Gasteiger partial charge >= 0.3 is 0 Å². The molecule has 2 heteroatoms. The lowest BCUT2D eigenvalue weighted by molar-refractivity contribution is 0.660. The van der Waals surface area contributed by atoms with Gasteiger partial charge in [-0.25, -0.2) is 0 Å². The van der Waals surface area contributed by atoms with Crippen molar-refractivity contribution in [3.05, 3.63) is 264 Å². The molecule has 1 spiro atoms. The van der Waals surface area contributed by atoms with Crippen molar-refractivity contribution in [2.75, 3.05) is 9.80 Å². The molecule has 0 aliphatic heterocycles. The van der Waals surface area contributed by atoms with Crippen molar-refractivity contribution in [1.82, 2.24) is 0 Å². The third-order valence-electron chi connectivity index (χ3n) is 14.4. The molecule has 1 unspecified atom stereocenters. The predicted octanol–water partition coefficient (Wildman–Crippen LogP) is 16.4. The topological polar surface area (TPSA) is 6.48 Å². The van der Waals surface area contributed by atoms with Gasteiger partial charge in [-0.2, -0.15) is 0 Å². The highest BCUT2D eigenvalue weighted by Gasteiger charge is 2.52. The summed E-state index contributed by atoms with van der Waals surface area (Å²) in [6.07, 6.45) is 0. The van der Waals surface area contributed by atoms with Crippen LogP contribution in [0.3, 0.4) is 0 Å². The molecule has 0 amide bonds. The maximum atomic E-state index is 2.53. The lowest BCUT2D eigenvalue weighted by Gasteiger charge is -2.33. The fourth-order valence-corrected chi connectivity index (χ4v) is 11.7. The molecule has 1 atom stereocenters. The van der Waals surface area contributed by atoms with Crippen LogP contribution in [0, 0.1) is 0 Å². The Morgan fingerprint density at radius 3 is 1.30 bits per heavy atom. The quantitative estimate of drug-likeness (QED) is 0.165. The van der Waals surface area contributed by atoms with Gasteiger partial charge in [0.25, 0.3) is 0 Å². The van der Waals surface area contributed by atoms with Crippen molar-refractivity contribution in [3.63, 3.8) is 0 Å². The zero-order valence-electron chi connectivity index (χ0n) is 35.8. The van der Waals surface area contributed by atoms with E-state index >= 15 is 0 Å². The number of hydrogen-bond donors (Lipinski definition) is 0. The average Bonchev–Trinajstić information content (AvgIpc) is 3.91. The molecular formula is C62H44N2. The van der Waals surface area contributed by atoms with E-state index in [1.54, 1.807) is 0 Å². The number of anilines is 6. The first kappa shape index (κ1) is 36.7. The fourth-order valence-electron chi connectivity index (χ4n) is 11.7. The van der Waals surface area contributed by atoms with Gasteiger partial charge in [0.1, 0.15) is 0 Å². The lowest BCUT2D eigenvalue weighted by Crippen LogP contribution is -2.26. The molecule has 0 radical (unpaired) electrons. The molecular weight excluding hydrogens is 773 g/mol. The van der Waals surface area contributed by atoms with Crippen LogP contribution in [0.2, 0.25) is 0 Å². The monoisotopic (exact) mass is 816 g/mol. The number of nitrogens with zero attached hydrogens (tertiary/aromatic N) is 2. The van der Waals surface area contributed by atoms with Crippen LogP contribution in [0.5, 0.6) is 0 Å². The summed E-state index contributed by atoms with van der Waals surface area (Å²) in [7, 11) is 0. The van der Waals surface area contributed by atoms with E-state index in [9.17, 15) is 0 Å². The Labute approximate surface area is 375 Å². The first-order chi connectivity index (χ1) is 31.5. The van der Waals surface area contributed by atoms with Crippen molar-refractivity contribution >= 4 is 44.9 Å². The largest absolute Gasteiger partial charge is 0.310 e. The van der Waals surface area contributed by atoms with Crippen LogP contribution in [0.15, 0.2) is 231 Å². The van der Waals surface area contributed by atoms with E-state index < -0.39 is 5.41 Å². The van der Waals surface area contributed by atoms with Gasteiger partial charge in [0.2, 0.25) is 0 Å². The van der Waals surface area contributed by atoms with E-state index in [0.717, 1.165) is 34.1 Å². The maximum absolute atomic E-state index is 2.53. The first-order valence-corrected chi connectivity index (χ1v) is 22.4. The van der Waals surface area contributed by atoms with Gasteiger partial charge in [-0.15, -0.1) is 0 Å². The molecule has 0 heterocycles. The molecule has 10 aromatic carbocycles. The van der Waals surface area contributed by atoms with Crippen LogP contribution in [0.1, 0.15) is 47.2 Å². The van der Waals surface area contributed by atoms with Gasteiger partial charge in [0.05, 0.1) is 11.1 Å². The summed E-state index contributed by atoms with van der Waals surface area (Å²) in [4.78, 5) is 4.89. The van der Waals surface area contributed by atoms with Gasteiger partial charge in [-0.1, -0.05) is 178 Å². The second-order valence-electron chi connectivity index (χ2n) is 18.0. The summed E-state index contributed by atoms with van der Waals surface area (Å²) in [5.74, 6) is 0. The third-order valence-corrected chi connectivity index (χ3v) is 14.4. The minimum Gasteiger partial charge on any atom is -0.310 e. The Balaban J connectivity index is 1.07. The Morgan fingerprint density at radius 2 is 0.688 bits per heavy atom. The molecule has 0 fully saturated rings. The second-order valence-corrected chi connectivity index (χ2v) is 18.0. The number of hydrogen-bond acceptors (Lipinski definition) is 2. The van der Waals surface area contributed by atoms with E-state index in [-0.39, 0.29) is 5.41 Å². The van der Waals surface area contributed by atoms with Crippen LogP contribution in [-0.2, 0) is 10.8 Å². The standard InChI is InChI=1S/C62H44N2/c1-61(2)53-31-17-14-26-46(53)51-38-44(34-36-54(51)61)63(41-20-6-3-7-21-41)45-35-37-57-52(39-45)47-27-15-18-32-55(47)62(57)56-33-19-16-30-50(56)60-49-29-13-12-28-48(49)59(40-58(60)62)64(42-22-8-4-9-23-42)43-24-10-5-11-25-43/h3-40H,1-2H3. The molecule has 64 heavy (non-hydrogen) atoms. The second kappa shape index (κ2) is 13.8. The fraction of sp³-hybridized carbons (Fsp3) is 0.0645. The van der Waals surface area contributed by atoms with Crippen LogP contribution >= 0.6 is 0 Å². The molecule has 0 saturated heterocycles. The molecule has 3 aliphatic rings. The number of para-hydroxylation sites is 3. The third kappa shape index (κ3) is 5.02. The van der Waals surface area contributed by atoms with Crippen molar-refractivity contribution < 1.29 is 0 Å². The van der Waals surface area contributed by atoms with E-state index in [2.05, 4.69) is 254 Å². The van der Waals surface area contributed by atoms with Gasteiger partial charge in [-0.3, -0.25) is 0 Å². The Bertz CT molecular complexity index is 3440. The first-order valence-electron chi connectivity index (χ1n) is 22.4. The van der Waals surface area contributed by atoms with Gasteiger partial charge in [-0.05, 0) is 139 Å². The van der Waals surface area contributed by atoms with Crippen LogP contribution < -0.4 is 9.80 Å². The molecule has 0 bridgehead atoms. The highest BCUT2D eigenvalue weighted by molar-refractivity contribution is 6.12. The summed E-state index contributed by atoms with van der Waals surface area (Å²) >= 11 is 0. The van der Waals surface area contributed by atoms with E-state index in [1.165, 1.54) is 77.5 Å². The molecule has 10 aromatic rings. The van der Waals surface area contributed by atoms with E-state index in [4.69, 9.17) is 0 Å². The maximum Gasteiger partial charge on any atom is 0.0726 e. The smallest absolute Gasteiger partial charge is 0.0726 e. The van der Waals surface area contributed by atoms with Crippen molar-refractivity contribution in [1.29, 1.82) is 0 Å². The van der Waals surface area contributed by atoms with Gasteiger partial charge < -0.3 is 9.80 Å². The van der Waals surface area contributed by atoms with Crippen molar-refractivity contribution in [3.8, 4) is 33.4 Å². The highest BCUT2D eigenvalue weighted by atomic mass is 15.1. The zero-order chi connectivity index (χ0) is 42.6. The number of benzene rings is 10. The minimum absolute atomic E-state index is 0.0636. The molecule has 0 aromatic heterocycles. The summed E-state index contributed by atoms with van der Waals surface area (Å²) < 4.78 is 0. The SMILES string of the molecule is CC1(C)c2ccccc2-c2cc(N(c3ccccc3)c3ccc4c(c3)-c3ccccc3C43c4ccccc4-c4c3cc(N(c3ccccc3)c3ccccc3)c3ccccc43)ccc21. The highest BCUT2D eigenvalue weighted by Crippen LogP contribution is 2.65. The normalized spacial score (nSPS) is 15.5. The molecule has 0 N–H and O–H groups in total. The molecule has 0 saturated carbocycles. The summed E-state index contributed by atoms with van der Waals surface area (Å²) in [6.45, 7) is 4.71. The van der Waals surface area contributed by atoms with Crippen LogP contribution in [0.4, 0.5) is 34.1 Å². The zero-order valence-corrected chi connectivity index (χ0v) is 35.8. The Hall–Kier alpha value is -7.94. The Kier molecular flexibility index (Phi) is 7.90. The summed E-state index contributed by atoms with van der Waals surface area (Å²) in [5.41, 5.74) is 22.0. The lowest BCUT2D eigenvalue weighted by atomic mass is 9.70. The number of rotatable bonds is 6. The van der Waals surface area contributed by atoms with Crippen LogP contribution in [0.25, 0.3) is 44.2 Å². The van der Waals surface area contributed by atoms with Gasteiger partial charge in [0, 0.05) is 39.2 Å². The number of fused-ring (bicyclic) bond motifs is 15. The summed E-state index contributed by atoms with van der Waals surface area (Å²) in [5, 5.41) is 2.48. The Morgan fingerprint density at radius 1 is 0.281 bits per heavy atom. The van der Waals surface area contributed by atoms with E-state index in [0.29, 0.717) is 0 Å². The van der Waals surface area contributed by atoms with Crippen molar-refractivity contribution in [2.24, 2.45) is 0 Å². The van der Waals surface area contributed by atoms with Crippen LogP contribution in [-0.4, -0.2) is 0 Å².